The van der Waals surface area contributed by atoms with Gasteiger partial charge in [-0.3, -0.25) is 9.78 Å². The Morgan fingerprint density at radius 2 is 2.10 bits per heavy atom. The molecule has 2 heterocycles. The smallest absolute Gasteiger partial charge is 0.255 e. The third kappa shape index (κ3) is 4.72. The minimum Gasteiger partial charge on any atom is -0.331 e. The Hall–Kier alpha value is -3.51. The molecule has 0 bridgehead atoms. The molecule has 5 nitrogen and oxygen atoms in total. The van der Waals surface area contributed by atoms with Gasteiger partial charge in [-0.15, -0.1) is 11.3 Å². The van der Waals surface area contributed by atoms with Crippen molar-refractivity contribution in [1.29, 1.82) is 0 Å². The fourth-order valence-electron chi connectivity index (χ4n) is 3.07. The number of amides is 1. The van der Waals surface area contributed by atoms with Gasteiger partial charge < -0.3 is 10.6 Å². The molecule has 0 radical (unpaired) electrons. The summed E-state index contributed by atoms with van der Waals surface area (Å²) in [5, 5.41) is 9.15. The van der Waals surface area contributed by atoms with Crippen molar-refractivity contribution in [2.24, 2.45) is 0 Å². The molecule has 0 unspecified atom stereocenters. The quantitative estimate of drug-likeness (QED) is 0.535. The lowest BCUT2D eigenvalue weighted by molar-refractivity contribution is -0.112. The lowest BCUT2D eigenvalue weighted by Gasteiger charge is -2.11. The van der Waals surface area contributed by atoms with E-state index in [1.54, 1.807) is 12.4 Å². The number of pyridine rings is 1. The first-order valence-electron chi connectivity index (χ1n) is 9.67. The van der Waals surface area contributed by atoms with Gasteiger partial charge in [0.25, 0.3) is 5.91 Å². The number of anilines is 3. The predicted molar refractivity (Wildman–Crippen MR) is 124 cm³/mol. The van der Waals surface area contributed by atoms with Crippen molar-refractivity contribution in [3.8, 4) is 11.3 Å². The molecule has 1 aliphatic carbocycles. The summed E-state index contributed by atoms with van der Waals surface area (Å²) in [6.07, 6.45) is 12.2. The first-order chi connectivity index (χ1) is 14.6. The van der Waals surface area contributed by atoms with Crippen molar-refractivity contribution in [3.05, 3.63) is 89.1 Å². The van der Waals surface area contributed by atoms with E-state index in [1.807, 2.05) is 73.9 Å². The van der Waals surface area contributed by atoms with Gasteiger partial charge in [-0.1, -0.05) is 29.9 Å². The van der Waals surface area contributed by atoms with Crippen LogP contribution >= 0.6 is 11.3 Å². The van der Waals surface area contributed by atoms with Gasteiger partial charge in [-0.25, -0.2) is 4.98 Å². The van der Waals surface area contributed by atoms with Gasteiger partial charge in [0.1, 0.15) is 0 Å². The number of carbonyl (C=O) groups excluding carboxylic acids is 1. The second-order valence-corrected chi connectivity index (χ2v) is 7.99. The molecular weight excluding hydrogens is 392 g/mol. The first-order valence-corrected chi connectivity index (χ1v) is 10.6. The number of carbonyl (C=O) groups is 1. The summed E-state index contributed by atoms with van der Waals surface area (Å²) in [4.78, 5) is 21.5. The molecule has 0 fully saturated rings. The van der Waals surface area contributed by atoms with Gasteiger partial charge in [-0.2, -0.15) is 0 Å². The van der Waals surface area contributed by atoms with Gasteiger partial charge in [0, 0.05) is 40.3 Å². The number of thiazole rings is 1. The molecule has 3 aromatic rings. The number of nitrogens with zero attached hydrogens (tertiary/aromatic N) is 2. The molecule has 0 aliphatic heterocycles. The van der Waals surface area contributed by atoms with Crippen LogP contribution in [-0.2, 0) is 4.79 Å². The fourth-order valence-corrected chi connectivity index (χ4v) is 3.80. The molecule has 0 spiro atoms. The molecule has 2 aromatic heterocycles. The maximum Gasteiger partial charge on any atom is 0.255 e. The van der Waals surface area contributed by atoms with Crippen molar-refractivity contribution in [1.82, 2.24) is 9.97 Å². The van der Waals surface area contributed by atoms with Crippen LogP contribution in [0.5, 0.6) is 0 Å². The van der Waals surface area contributed by atoms with Crippen LogP contribution in [0.15, 0.2) is 83.6 Å². The standard InChI is InChI=1S/C24H22N4OS/c1-16-6-3-4-7-18(12-16)23(29)26-20-10-9-17(2)21(13-20)27-24-28-22(15-30-24)19-8-5-11-25-14-19/h3-5,7-15H,6H2,1-2H3,(H,26,29)(H,27,28). The molecule has 1 amide bonds. The van der Waals surface area contributed by atoms with E-state index in [-0.39, 0.29) is 5.91 Å². The highest BCUT2D eigenvalue weighted by molar-refractivity contribution is 7.14. The maximum absolute atomic E-state index is 12.7. The summed E-state index contributed by atoms with van der Waals surface area (Å²) in [5.74, 6) is -0.121. The normalized spacial score (nSPS) is 13.3. The van der Waals surface area contributed by atoms with Gasteiger partial charge in [0.2, 0.25) is 0 Å². The van der Waals surface area contributed by atoms with Crippen molar-refractivity contribution >= 4 is 33.8 Å². The predicted octanol–water partition coefficient (Wildman–Crippen LogP) is 6.03. The zero-order chi connectivity index (χ0) is 20.9. The third-order valence-corrected chi connectivity index (χ3v) is 5.47. The summed E-state index contributed by atoms with van der Waals surface area (Å²) in [7, 11) is 0. The SMILES string of the molecule is CC1=CC(C(=O)Nc2ccc(C)c(Nc3nc(-c4cccnc4)cs3)c2)=CC=CC1. The number of aryl methyl sites for hydroxylation is 1. The Morgan fingerprint density at radius 3 is 2.93 bits per heavy atom. The van der Waals surface area contributed by atoms with E-state index in [0.29, 0.717) is 5.57 Å². The number of hydrogen-bond acceptors (Lipinski definition) is 5. The lowest BCUT2D eigenvalue weighted by atomic mass is 10.1. The average Bonchev–Trinajstić information content (AvgIpc) is 3.10. The molecule has 1 aliphatic rings. The summed E-state index contributed by atoms with van der Waals surface area (Å²) in [6.45, 7) is 4.05. The Bertz CT molecular complexity index is 1160. The van der Waals surface area contributed by atoms with E-state index in [1.165, 1.54) is 11.3 Å². The molecule has 0 atom stereocenters. The minimum absolute atomic E-state index is 0.121. The van der Waals surface area contributed by atoms with Gasteiger partial charge in [0.15, 0.2) is 5.13 Å². The van der Waals surface area contributed by atoms with Gasteiger partial charge >= 0.3 is 0 Å². The van der Waals surface area contributed by atoms with Crippen LogP contribution in [0.3, 0.4) is 0 Å². The highest BCUT2D eigenvalue weighted by Gasteiger charge is 2.11. The molecule has 0 saturated heterocycles. The number of allylic oxidation sites excluding steroid dienone is 4. The number of rotatable bonds is 5. The van der Waals surface area contributed by atoms with Crippen molar-refractivity contribution in [3.63, 3.8) is 0 Å². The number of aromatic nitrogens is 2. The number of nitrogens with one attached hydrogen (secondary N) is 2. The van der Waals surface area contributed by atoms with Crippen LogP contribution < -0.4 is 10.6 Å². The highest BCUT2D eigenvalue weighted by Crippen LogP contribution is 2.29. The van der Waals surface area contributed by atoms with Crippen LogP contribution in [0.25, 0.3) is 11.3 Å². The average molecular weight is 415 g/mol. The second kappa shape index (κ2) is 8.88. The summed E-state index contributed by atoms with van der Waals surface area (Å²) >= 11 is 1.53. The monoisotopic (exact) mass is 414 g/mol. The minimum atomic E-state index is -0.121. The summed E-state index contributed by atoms with van der Waals surface area (Å²) in [5.41, 5.74) is 6.38. The third-order valence-electron chi connectivity index (χ3n) is 4.71. The Balaban J connectivity index is 1.51. The van der Waals surface area contributed by atoms with Crippen LogP contribution in [0.4, 0.5) is 16.5 Å². The molecule has 30 heavy (non-hydrogen) atoms. The van der Waals surface area contributed by atoms with E-state index < -0.39 is 0 Å². The molecule has 6 heteroatoms. The largest absolute Gasteiger partial charge is 0.331 e. The number of hydrogen-bond donors (Lipinski definition) is 2. The van der Waals surface area contributed by atoms with Gasteiger partial charge in [0.05, 0.1) is 5.69 Å². The highest BCUT2D eigenvalue weighted by atomic mass is 32.1. The molecular formula is C24H22N4OS. The van der Waals surface area contributed by atoms with E-state index in [2.05, 4.69) is 20.6 Å². The molecule has 4 rings (SSSR count). The van der Waals surface area contributed by atoms with Crippen LogP contribution in [0.1, 0.15) is 18.9 Å². The summed E-state index contributed by atoms with van der Waals surface area (Å²) < 4.78 is 0. The van der Waals surface area contributed by atoms with E-state index >= 15 is 0 Å². The summed E-state index contributed by atoms with van der Waals surface area (Å²) in [6, 6.07) is 9.71. The van der Waals surface area contributed by atoms with Crippen molar-refractivity contribution < 1.29 is 4.79 Å². The topological polar surface area (TPSA) is 66.9 Å². The zero-order valence-corrected chi connectivity index (χ0v) is 17.7. The van der Waals surface area contributed by atoms with Crippen LogP contribution in [0.2, 0.25) is 0 Å². The van der Waals surface area contributed by atoms with Gasteiger partial charge in [-0.05, 0) is 56.2 Å². The Kier molecular flexibility index (Phi) is 5.86. The molecule has 2 N–H and O–H groups in total. The van der Waals surface area contributed by atoms with Crippen LogP contribution in [-0.4, -0.2) is 15.9 Å². The maximum atomic E-state index is 12.7. The molecule has 0 saturated carbocycles. The molecule has 1 aromatic carbocycles. The first kappa shape index (κ1) is 19.8. The zero-order valence-electron chi connectivity index (χ0n) is 16.8. The Morgan fingerprint density at radius 1 is 1.20 bits per heavy atom. The lowest BCUT2D eigenvalue weighted by Crippen LogP contribution is -2.13. The number of benzene rings is 1. The Labute approximate surface area is 179 Å². The van der Waals surface area contributed by atoms with Crippen molar-refractivity contribution in [2.75, 3.05) is 10.6 Å². The van der Waals surface area contributed by atoms with Crippen LogP contribution in [0, 0.1) is 6.92 Å². The van der Waals surface area contributed by atoms with E-state index in [9.17, 15) is 4.79 Å². The van der Waals surface area contributed by atoms with E-state index in [0.717, 1.165) is 45.3 Å². The van der Waals surface area contributed by atoms with E-state index in [4.69, 9.17) is 0 Å². The van der Waals surface area contributed by atoms with Crippen molar-refractivity contribution in [2.45, 2.75) is 20.3 Å². The molecule has 150 valence electrons. The fraction of sp³-hybridized carbons (Fsp3) is 0.125. The second-order valence-electron chi connectivity index (χ2n) is 7.13.